The second-order valence-electron chi connectivity index (χ2n) is 6.89. The number of carbonyl (C=O) groups excluding carboxylic acids is 2. The first kappa shape index (κ1) is 18.6. The van der Waals surface area contributed by atoms with Gasteiger partial charge in [0.25, 0.3) is 11.8 Å². The third kappa shape index (κ3) is 3.67. The molecule has 1 heterocycles. The van der Waals surface area contributed by atoms with Crippen LogP contribution in [0.15, 0.2) is 84.6 Å². The molecule has 0 unspecified atom stereocenters. The van der Waals surface area contributed by atoms with Gasteiger partial charge in [0.15, 0.2) is 0 Å². The fourth-order valence-corrected chi connectivity index (χ4v) is 3.29. The minimum atomic E-state index is -0.474. The molecular formula is C24H19FN2O2. The molecule has 0 aliphatic carbocycles. The van der Waals surface area contributed by atoms with Crippen molar-refractivity contribution in [1.29, 1.82) is 0 Å². The number of nitrogens with zero attached hydrogens (tertiary/aromatic N) is 1. The summed E-state index contributed by atoms with van der Waals surface area (Å²) in [7, 11) is 0. The monoisotopic (exact) mass is 386 g/mol. The molecule has 5 heteroatoms. The van der Waals surface area contributed by atoms with E-state index in [1.54, 1.807) is 18.2 Å². The Morgan fingerprint density at radius 3 is 2.17 bits per heavy atom. The molecule has 4 nitrogen and oxygen atoms in total. The van der Waals surface area contributed by atoms with Crippen LogP contribution < -0.4 is 5.32 Å². The highest BCUT2D eigenvalue weighted by molar-refractivity contribution is 6.36. The molecule has 0 spiro atoms. The van der Waals surface area contributed by atoms with Crippen molar-refractivity contribution in [3.8, 4) is 0 Å². The topological polar surface area (TPSA) is 49.4 Å². The van der Waals surface area contributed by atoms with Crippen LogP contribution >= 0.6 is 0 Å². The van der Waals surface area contributed by atoms with E-state index in [1.165, 1.54) is 6.07 Å². The number of anilines is 1. The van der Waals surface area contributed by atoms with Crippen LogP contribution in [-0.4, -0.2) is 16.7 Å². The molecule has 29 heavy (non-hydrogen) atoms. The molecule has 4 rings (SSSR count). The molecule has 1 aliphatic heterocycles. The van der Waals surface area contributed by atoms with Crippen LogP contribution in [-0.2, 0) is 16.1 Å². The van der Waals surface area contributed by atoms with E-state index in [2.05, 4.69) is 5.32 Å². The average molecular weight is 386 g/mol. The number of imide groups is 1. The molecule has 0 radical (unpaired) electrons. The summed E-state index contributed by atoms with van der Waals surface area (Å²) in [5.74, 6) is -1.37. The lowest BCUT2D eigenvalue weighted by Crippen LogP contribution is -2.32. The molecule has 0 aromatic heterocycles. The van der Waals surface area contributed by atoms with Gasteiger partial charge in [0.1, 0.15) is 11.5 Å². The lowest BCUT2D eigenvalue weighted by Gasteiger charge is -2.16. The average Bonchev–Trinajstić information content (AvgIpc) is 2.95. The summed E-state index contributed by atoms with van der Waals surface area (Å²) in [5.41, 5.74) is 3.16. The molecule has 2 amide bonds. The normalized spacial score (nSPS) is 13.9. The van der Waals surface area contributed by atoms with Crippen molar-refractivity contribution in [2.45, 2.75) is 13.5 Å². The second kappa shape index (κ2) is 7.72. The summed E-state index contributed by atoms with van der Waals surface area (Å²) >= 11 is 0. The molecule has 0 saturated heterocycles. The summed E-state index contributed by atoms with van der Waals surface area (Å²) in [4.78, 5) is 27.4. The number of amides is 2. The summed E-state index contributed by atoms with van der Waals surface area (Å²) < 4.78 is 14.1. The van der Waals surface area contributed by atoms with Crippen molar-refractivity contribution in [3.05, 3.63) is 107 Å². The number of para-hydroxylation sites is 1. The van der Waals surface area contributed by atoms with E-state index in [0.717, 1.165) is 10.5 Å². The van der Waals surface area contributed by atoms with Crippen LogP contribution in [0.25, 0.3) is 5.57 Å². The van der Waals surface area contributed by atoms with Crippen LogP contribution in [0.3, 0.4) is 0 Å². The molecule has 0 saturated carbocycles. The van der Waals surface area contributed by atoms with E-state index in [1.807, 2.05) is 61.5 Å². The summed E-state index contributed by atoms with van der Waals surface area (Å²) in [6, 6.07) is 22.7. The predicted octanol–water partition coefficient (Wildman–Crippen LogP) is 4.53. The van der Waals surface area contributed by atoms with Gasteiger partial charge in [-0.05, 0) is 30.7 Å². The molecule has 0 bridgehead atoms. The third-order valence-electron chi connectivity index (χ3n) is 4.84. The molecule has 0 atom stereocenters. The van der Waals surface area contributed by atoms with E-state index in [0.29, 0.717) is 16.8 Å². The zero-order valence-corrected chi connectivity index (χ0v) is 15.9. The maximum atomic E-state index is 14.1. The van der Waals surface area contributed by atoms with Crippen molar-refractivity contribution < 1.29 is 14.0 Å². The Hall–Kier alpha value is -3.73. The number of carbonyl (C=O) groups is 2. The highest BCUT2D eigenvalue weighted by Gasteiger charge is 2.39. The number of aryl methyl sites for hydroxylation is 1. The molecule has 3 aromatic rings. The number of hydrogen-bond acceptors (Lipinski definition) is 3. The highest BCUT2D eigenvalue weighted by Crippen LogP contribution is 2.31. The molecule has 144 valence electrons. The minimum absolute atomic E-state index is 0.125. The Bertz CT molecular complexity index is 1110. The van der Waals surface area contributed by atoms with Gasteiger partial charge in [-0.25, -0.2) is 4.39 Å². The van der Waals surface area contributed by atoms with E-state index in [4.69, 9.17) is 0 Å². The van der Waals surface area contributed by atoms with Gasteiger partial charge < -0.3 is 5.32 Å². The number of halogens is 1. The first-order valence-corrected chi connectivity index (χ1v) is 9.27. The molecule has 0 fully saturated rings. The number of rotatable bonds is 5. The van der Waals surface area contributed by atoms with Crippen LogP contribution in [0.1, 0.15) is 16.7 Å². The molecule has 1 aliphatic rings. The van der Waals surface area contributed by atoms with Gasteiger partial charge in [0.2, 0.25) is 0 Å². The fourth-order valence-electron chi connectivity index (χ4n) is 3.29. The van der Waals surface area contributed by atoms with Crippen molar-refractivity contribution in [2.24, 2.45) is 0 Å². The predicted molar refractivity (Wildman–Crippen MR) is 110 cm³/mol. The van der Waals surface area contributed by atoms with Crippen molar-refractivity contribution in [3.63, 3.8) is 0 Å². The van der Waals surface area contributed by atoms with Crippen molar-refractivity contribution >= 4 is 23.1 Å². The number of nitrogens with one attached hydrogen (secondary N) is 1. The van der Waals surface area contributed by atoms with Crippen LogP contribution in [0.5, 0.6) is 0 Å². The van der Waals surface area contributed by atoms with Gasteiger partial charge in [-0.1, -0.05) is 66.2 Å². The SMILES string of the molecule is Cc1ccc(C2=C(Nc3ccccc3)C(=O)N(Cc3ccccc3F)C2=O)cc1. The lowest BCUT2D eigenvalue weighted by molar-refractivity contribution is -0.137. The molecule has 3 aromatic carbocycles. The van der Waals surface area contributed by atoms with Gasteiger partial charge in [0.05, 0.1) is 12.1 Å². The molecular weight excluding hydrogens is 367 g/mol. The Labute approximate surface area is 168 Å². The van der Waals surface area contributed by atoms with Gasteiger partial charge in [-0.15, -0.1) is 0 Å². The largest absolute Gasteiger partial charge is 0.350 e. The van der Waals surface area contributed by atoms with Gasteiger partial charge in [-0.3, -0.25) is 14.5 Å². The standard InChI is InChI=1S/C24H19FN2O2/c1-16-11-13-17(14-12-16)21-22(26-19-8-3-2-4-9-19)24(29)27(23(21)28)15-18-7-5-6-10-20(18)25/h2-14,26H,15H2,1H3. The smallest absolute Gasteiger partial charge is 0.278 e. The fraction of sp³-hybridized carbons (Fsp3) is 0.0833. The Kier molecular flexibility index (Phi) is 4.96. The minimum Gasteiger partial charge on any atom is -0.350 e. The van der Waals surface area contributed by atoms with E-state index >= 15 is 0 Å². The number of hydrogen-bond donors (Lipinski definition) is 1. The Morgan fingerprint density at radius 1 is 0.828 bits per heavy atom. The van der Waals surface area contributed by atoms with Crippen LogP contribution in [0.4, 0.5) is 10.1 Å². The third-order valence-corrected chi connectivity index (χ3v) is 4.84. The van der Waals surface area contributed by atoms with Gasteiger partial charge in [0, 0.05) is 11.3 Å². The van der Waals surface area contributed by atoms with Gasteiger partial charge >= 0.3 is 0 Å². The quantitative estimate of drug-likeness (QED) is 0.656. The van der Waals surface area contributed by atoms with Crippen LogP contribution in [0, 0.1) is 12.7 Å². The maximum absolute atomic E-state index is 14.1. The summed E-state index contributed by atoms with van der Waals surface area (Å²) in [5, 5.41) is 3.09. The Morgan fingerprint density at radius 2 is 1.48 bits per heavy atom. The first-order valence-electron chi connectivity index (χ1n) is 9.27. The van der Waals surface area contributed by atoms with Crippen molar-refractivity contribution in [1.82, 2.24) is 4.90 Å². The van der Waals surface area contributed by atoms with E-state index < -0.39 is 17.6 Å². The van der Waals surface area contributed by atoms with Crippen molar-refractivity contribution in [2.75, 3.05) is 5.32 Å². The van der Waals surface area contributed by atoms with E-state index in [-0.39, 0.29) is 17.8 Å². The lowest BCUT2D eigenvalue weighted by atomic mass is 10.0. The Balaban J connectivity index is 1.75. The second-order valence-corrected chi connectivity index (χ2v) is 6.89. The maximum Gasteiger partial charge on any atom is 0.278 e. The summed E-state index contributed by atoms with van der Waals surface area (Å²) in [6.07, 6.45) is 0. The number of benzene rings is 3. The van der Waals surface area contributed by atoms with E-state index in [9.17, 15) is 14.0 Å². The van der Waals surface area contributed by atoms with Gasteiger partial charge in [-0.2, -0.15) is 0 Å². The summed E-state index contributed by atoms with van der Waals surface area (Å²) in [6.45, 7) is 1.83. The highest BCUT2D eigenvalue weighted by atomic mass is 19.1. The molecule has 1 N–H and O–H groups in total. The zero-order chi connectivity index (χ0) is 20.4. The van der Waals surface area contributed by atoms with Crippen LogP contribution in [0.2, 0.25) is 0 Å². The first-order chi connectivity index (χ1) is 14.0. The zero-order valence-electron chi connectivity index (χ0n) is 15.9.